The average Bonchev–Trinajstić information content (AvgIpc) is 2.85. The van der Waals surface area contributed by atoms with Gasteiger partial charge in [-0.3, -0.25) is 0 Å². The van der Waals surface area contributed by atoms with Crippen LogP contribution in [-0.2, 0) is 15.6 Å². The van der Waals surface area contributed by atoms with Gasteiger partial charge in [0.1, 0.15) is 10.8 Å². The third-order valence-electron chi connectivity index (χ3n) is 1.90. The summed E-state index contributed by atoms with van der Waals surface area (Å²) in [6.45, 7) is 2.77. The molecule has 0 radical (unpaired) electrons. The van der Waals surface area contributed by atoms with Gasteiger partial charge in [0.05, 0.1) is 4.88 Å². The van der Waals surface area contributed by atoms with Gasteiger partial charge in [0, 0.05) is 19.0 Å². The summed E-state index contributed by atoms with van der Waals surface area (Å²) in [7, 11) is -3.05. The Morgan fingerprint density at radius 3 is 2.78 bits per heavy atom. The molecule has 0 aliphatic rings. The zero-order valence-corrected chi connectivity index (χ0v) is 12.3. The van der Waals surface area contributed by atoms with E-state index in [1.165, 1.54) is 28.9 Å². The number of rotatable bonds is 5. The van der Waals surface area contributed by atoms with Gasteiger partial charge >= 0.3 is 0 Å². The Labute approximate surface area is 113 Å². The molecule has 2 rings (SSSR count). The van der Waals surface area contributed by atoms with Crippen LogP contribution in [0.3, 0.4) is 0 Å². The number of nitrogens with one attached hydrogen (secondary N) is 1. The number of hydrogen-bond donors (Lipinski definition) is 1. The van der Waals surface area contributed by atoms with Crippen molar-refractivity contribution >= 4 is 37.6 Å². The molecule has 2 heterocycles. The van der Waals surface area contributed by atoms with Crippen molar-refractivity contribution in [2.75, 3.05) is 18.1 Å². The number of sulfone groups is 1. The van der Waals surface area contributed by atoms with E-state index in [-0.39, 0.29) is 5.75 Å². The van der Waals surface area contributed by atoms with E-state index < -0.39 is 9.84 Å². The lowest BCUT2D eigenvalue weighted by Crippen LogP contribution is -1.99. The summed E-state index contributed by atoms with van der Waals surface area (Å²) in [6, 6.07) is 0. The first-order valence-corrected chi connectivity index (χ1v) is 8.87. The molecule has 18 heavy (non-hydrogen) atoms. The Kier molecular flexibility index (Phi) is 3.93. The molecule has 0 bridgehead atoms. The van der Waals surface area contributed by atoms with Crippen LogP contribution >= 0.6 is 22.7 Å². The molecule has 2 aromatic heterocycles. The minimum atomic E-state index is -3.05. The molecular weight excluding hydrogens is 292 g/mol. The van der Waals surface area contributed by atoms with Crippen LogP contribution in [0.1, 0.15) is 11.9 Å². The van der Waals surface area contributed by atoms with Gasteiger partial charge in [-0.1, -0.05) is 11.3 Å². The highest BCUT2D eigenvalue weighted by Crippen LogP contribution is 2.31. The van der Waals surface area contributed by atoms with Crippen molar-refractivity contribution in [1.82, 2.24) is 15.2 Å². The molecule has 0 unspecified atom stereocenters. The molecule has 0 saturated carbocycles. The predicted molar refractivity (Wildman–Crippen MR) is 73.7 cm³/mol. The zero-order valence-electron chi connectivity index (χ0n) is 9.87. The second kappa shape index (κ2) is 5.29. The Morgan fingerprint density at radius 2 is 2.11 bits per heavy atom. The summed E-state index contributed by atoms with van der Waals surface area (Å²) in [5.74, 6) is -0.0312. The highest BCUT2D eigenvalue weighted by Gasteiger charge is 2.13. The molecule has 1 N–H and O–H groups in total. The first-order chi connectivity index (χ1) is 8.48. The van der Waals surface area contributed by atoms with Crippen LogP contribution in [0.2, 0.25) is 0 Å². The Hall–Kier alpha value is -1.06. The van der Waals surface area contributed by atoms with Gasteiger partial charge < -0.3 is 5.32 Å². The van der Waals surface area contributed by atoms with E-state index >= 15 is 0 Å². The minimum absolute atomic E-state index is 0.0312. The molecule has 0 amide bonds. The Balaban J connectivity index is 2.18. The zero-order chi connectivity index (χ0) is 13.2. The highest BCUT2D eigenvalue weighted by atomic mass is 32.2. The Bertz CT molecular complexity index is 632. The van der Waals surface area contributed by atoms with Gasteiger partial charge in [-0.05, 0) is 6.92 Å². The fraction of sp³-hybridized carbons (Fsp3) is 0.444. The van der Waals surface area contributed by atoms with Crippen LogP contribution in [0.15, 0.2) is 6.20 Å². The molecular formula is C9H12N4O2S3. The van der Waals surface area contributed by atoms with E-state index in [2.05, 4.69) is 20.5 Å². The molecule has 98 valence electrons. The molecule has 0 atom stereocenters. The summed E-state index contributed by atoms with van der Waals surface area (Å²) in [4.78, 5) is 4.93. The van der Waals surface area contributed by atoms with Crippen molar-refractivity contribution < 1.29 is 8.42 Å². The maximum absolute atomic E-state index is 11.2. The van der Waals surface area contributed by atoms with E-state index in [0.29, 0.717) is 5.01 Å². The van der Waals surface area contributed by atoms with Crippen LogP contribution in [0, 0.1) is 0 Å². The van der Waals surface area contributed by atoms with Crippen LogP contribution in [-0.4, -0.2) is 36.4 Å². The molecule has 6 nitrogen and oxygen atoms in total. The third kappa shape index (κ3) is 3.47. The van der Waals surface area contributed by atoms with Gasteiger partial charge in [-0.25, -0.2) is 13.4 Å². The van der Waals surface area contributed by atoms with E-state index in [9.17, 15) is 8.42 Å². The normalized spacial score (nSPS) is 11.7. The van der Waals surface area contributed by atoms with Crippen molar-refractivity contribution in [3.63, 3.8) is 0 Å². The quantitative estimate of drug-likeness (QED) is 0.904. The van der Waals surface area contributed by atoms with E-state index in [1.807, 2.05) is 6.92 Å². The van der Waals surface area contributed by atoms with Crippen molar-refractivity contribution in [2.24, 2.45) is 0 Å². The lowest BCUT2D eigenvalue weighted by atomic mass is 10.6. The number of hydrogen-bond acceptors (Lipinski definition) is 8. The molecule has 0 saturated heterocycles. The highest BCUT2D eigenvalue weighted by molar-refractivity contribution is 7.90. The van der Waals surface area contributed by atoms with Gasteiger partial charge in [-0.2, -0.15) is 0 Å². The van der Waals surface area contributed by atoms with Crippen molar-refractivity contribution in [1.29, 1.82) is 0 Å². The fourth-order valence-corrected chi connectivity index (χ4v) is 4.21. The summed E-state index contributed by atoms with van der Waals surface area (Å²) < 4.78 is 22.3. The SMILES string of the molecule is CCNc1nnc(-c2cnc(CS(C)(=O)=O)s2)s1. The van der Waals surface area contributed by atoms with Gasteiger partial charge in [0.15, 0.2) is 14.8 Å². The van der Waals surface area contributed by atoms with Crippen molar-refractivity contribution in [3.8, 4) is 9.88 Å². The predicted octanol–water partition coefficient (Wildman–Crippen LogP) is 1.64. The van der Waals surface area contributed by atoms with Crippen molar-refractivity contribution in [3.05, 3.63) is 11.2 Å². The van der Waals surface area contributed by atoms with Gasteiger partial charge in [0.25, 0.3) is 0 Å². The summed E-state index contributed by atoms with van der Waals surface area (Å²) in [5, 5.41) is 13.2. The van der Waals surface area contributed by atoms with Crippen LogP contribution in [0.5, 0.6) is 0 Å². The second-order valence-electron chi connectivity index (χ2n) is 3.63. The van der Waals surface area contributed by atoms with Crippen LogP contribution in [0.4, 0.5) is 5.13 Å². The summed E-state index contributed by atoms with van der Waals surface area (Å²) in [6.07, 6.45) is 2.84. The molecule has 0 spiro atoms. The number of aromatic nitrogens is 3. The van der Waals surface area contributed by atoms with E-state index in [0.717, 1.165) is 21.6 Å². The van der Waals surface area contributed by atoms with E-state index in [4.69, 9.17) is 0 Å². The number of anilines is 1. The number of nitrogens with zero attached hydrogens (tertiary/aromatic N) is 3. The monoisotopic (exact) mass is 304 g/mol. The average molecular weight is 304 g/mol. The topological polar surface area (TPSA) is 84.8 Å². The smallest absolute Gasteiger partial charge is 0.206 e. The summed E-state index contributed by atoms with van der Waals surface area (Å²) in [5.41, 5.74) is 0. The van der Waals surface area contributed by atoms with Crippen LogP contribution in [0.25, 0.3) is 9.88 Å². The molecule has 0 fully saturated rings. The first-order valence-electron chi connectivity index (χ1n) is 5.18. The summed E-state index contributed by atoms with van der Waals surface area (Å²) >= 11 is 2.76. The maximum atomic E-state index is 11.2. The minimum Gasteiger partial charge on any atom is -0.360 e. The van der Waals surface area contributed by atoms with E-state index in [1.54, 1.807) is 6.20 Å². The Morgan fingerprint density at radius 1 is 1.33 bits per heavy atom. The molecule has 0 aliphatic heterocycles. The number of thiazole rings is 1. The molecule has 0 aromatic carbocycles. The van der Waals surface area contributed by atoms with Gasteiger partial charge in [-0.15, -0.1) is 21.5 Å². The molecule has 9 heteroatoms. The first kappa shape index (κ1) is 13.4. The maximum Gasteiger partial charge on any atom is 0.206 e. The van der Waals surface area contributed by atoms with Crippen LogP contribution < -0.4 is 5.32 Å². The van der Waals surface area contributed by atoms with Crippen molar-refractivity contribution in [2.45, 2.75) is 12.7 Å². The molecule has 0 aliphatic carbocycles. The fourth-order valence-electron chi connectivity index (χ4n) is 1.25. The standard InChI is InChI=1S/C9H12N4O2S3/c1-3-10-9-13-12-8(17-9)6-4-11-7(16-6)5-18(2,14)15/h4H,3,5H2,1-2H3,(H,10,13). The lowest BCUT2D eigenvalue weighted by Gasteiger charge is -1.91. The lowest BCUT2D eigenvalue weighted by molar-refractivity contribution is 0.601. The largest absolute Gasteiger partial charge is 0.360 e. The van der Waals surface area contributed by atoms with Gasteiger partial charge in [0.2, 0.25) is 5.13 Å². The second-order valence-corrected chi connectivity index (χ2v) is 7.86. The molecule has 2 aromatic rings. The third-order valence-corrected chi connectivity index (χ3v) is 4.93.